The lowest BCUT2D eigenvalue weighted by Crippen LogP contribution is -2.20. The van der Waals surface area contributed by atoms with E-state index in [4.69, 9.17) is 16.7 Å². The standard InChI is InChI=1S/C10H12ClFNO/c1-13(2)10(6-14)7-3-4-8(11)9(12)5-7/h3-6,10,14H,1-2H3. The molecule has 0 heterocycles. The van der Waals surface area contributed by atoms with Crippen molar-refractivity contribution in [2.24, 2.45) is 0 Å². The van der Waals surface area contributed by atoms with E-state index in [2.05, 4.69) is 0 Å². The lowest BCUT2D eigenvalue weighted by Gasteiger charge is -2.21. The molecule has 0 fully saturated rings. The molecule has 14 heavy (non-hydrogen) atoms. The number of nitrogens with zero attached hydrogens (tertiary/aromatic N) is 1. The SMILES string of the molecule is CN(C)C([CH]O)c1ccc(Cl)c(F)c1. The molecule has 2 nitrogen and oxygen atoms in total. The topological polar surface area (TPSA) is 23.5 Å². The van der Waals surface area contributed by atoms with Crippen LogP contribution >= 0.6 is 11.6 Å². The number of aliphatic hydroxyl groups excluding tert-OH is 1. The van der Waals surface area contributed by atoms with Gasteiger partial charge in [-0.2, -0.15) is 0 Å². The molecule has 1 aromatic carbocycles. The summed E-state index contributed by atoms with van der Waals surface area (Å²) in [5.74, 6) is -0.474. The van der Waals surface area contributed by atoms with Gasteiger partial charge in [0.2, 0.25) is 0 Å². The summed E-state index contributed by atoms with van der Waals surface area (Å²) in [7, 11) is 3.59. The predicted molar refractivity (Wildman–Crippen MR) is 54.1 cm³/mol. The fourth-order valence-electron chi connectivity index (χ4n) is 1.21. The van der Waals surface area contributed by atoms with Gasteiger partial charge in [-0.3, -0.25) is 4.90 Å². The fraction of sp³-hybridized carbons (Fsp3) is 0.300. The Bertz CT molecular complexity index is 317. The highest BCUT2D eigenvalue weighted by molar-refractivity contribution is 6.30. The first-order valence-corrected chi connectivity index (χ1v) is 4.53. The van der Waals surface area contributed by atoms with E-state index in [1.165, 1.54) is 12.1 Å². The summed E-state index contributed by atoms with van der Waals surface area (Å²) in [4.78, 5) is 1.77. The highest BCUT2D eigenvalue weighted by atomic mass is 35.5. The first-order chi connectivity index (χ1) is 6.56. The molecule has 1 aromatic rings. The number of benzene rings is 1. The summed E-state index contributed by atoms with van der Waals surface area (Å²) >= 11 is 5.55. The zero-order valence-corrected chi connectivity index (χ0v) is 8.79. The summed E-state index contributed by atoms with van der Waals surface area (Å²) < 4.78 is 13.1. The fourth-order valence-corrected chi connectivity index (χ4v) is 1.33. The minimum absolute atomic E-state index is 0.0872. The maximum Gasteiger partial charge on any atom is 0.142 e. The van der Waals surface area contributed by atoms with Crippen LogP contribution < -0.4 is 0 Å². The Labute approximate surface area is 87.9 Å². The molecule has 0 aliphatic rings. The molecular weight excluding hydrogens is 205 g/mol. The van der Waals surface area contributed by atoms with E-state index in [1.807, 2.05) is 0 Å². The minimum atomic E-state index is -0.474. The van der Waals surface area contributed by atoms with Crippen LogP contribution in [0, 0.1) is 12.4 Å². The van der Waals surface area contributed by atoms with E-state index >= 15 is 0 Å². The number of rotatable bonds is 3. The first kappa shape index (κ1) is 11.4. The molecular formula is C10H12ClFNO. The van der Waals surface area contributed by atoms with Crippen molar-refractivity contribution < 1.29 is 9.50 Å². The Morgan fingerprint density at radius 1 is 1.50 bits per heavy atom. The van der Waals surface area contributed by atoms with E-state index in [-0.39, 0.29) is 11.1 Å². The van der Waals surface area contributed by atoms with Gasteiger partial charge < -0.3 is 5.11 Å². The Morgan fingerprint density at radius 3 is 2.57 bits per heavy atom. The molecule has 4 heteroatoms. The summed E-state index contributed by atoms with van der Waals surface area (Å²) in [6.07, 6.45) is 0. The molecule has 0 aliphatic heterocycles. The van der Waals surface area contributed by atoms with Gasteiger partial charge >= 0.3 is 0 Å². The highest BCUT2D eigenvalue weighted by Crippen LogP contribution is 2.24. The van der Waals surface area contributed by atoms with E-state index in [1.54, 1.807) is 25.1 Å². The number of likely N-dealkylation sites (N-methyl/N-ethyl adjacent to an activating group) is 1. The smallest absolute Gasteiger partial charge is 0.142 e. The summed E-state index contributed by atoms with van der Waals surface area (Å²) in [5, 5.41) is 9.08. The number of halogens is 2. The quantitative estimate of drug-likeness (QED) is 0.840. The second-order valence-electron chi connectivity index (χ2n) is 3.23. The van der Waals surface area contributed by atoms with Crippen molar-refractivity contribution in [3.05, 3.63) is 41.2 Å². The van der Waals surface area contributed by atoms with Crippen molar-refractivity contribution in [3.8, 4) is 0 Å². The van der Waals surface area contributed by atoms with Crippen LogP contribution in [-0.4, -0.2) is 24.1 Å². The van der Waals surface area contributed by atoms with Crippen LogP contribution in [0.25, 0.3) is 0 Å². The zero-order chi connectivity index (χ0) is 10.7. The van der Waals surface area contributed by atoms with E-state index in [0.29, 0.717) is 5.56 Å². The highest BCUT2D eigenvalue weighted by Gasteiger charge is 2.14. The van der Waals surface area contributed by atoms with Crippen LogP contribution in [0.5, 0.6) is 0 Å². The molecule has 0 saturated heterocycles. The number of hydrogen-bond donors (Lipinski definition) is 1. The van der Waals surface area contributed by atoms with Crippen molar-refractivity contribution in [1.82, 2.24) is 4.90 Å². The van der Waals surface area contributed by atoms with Crippen molar-refractivity contribution in [1.29, 1.82) is 0 Å². The van der Waals surface area contributed by atoms with Crippen LogP contribution in [0.4, 0.5) is 4.39 Å². The van der Waals surface area contributed by atoms with Crippen molar-refractivity contribution in [2.45, 2.75) is 6.04 Å². The summed E-state index contributed by atoms with van der Waals surface area (Å²) in [6.45, 7) is 1.02. The Hall–Kier alpha value is -0.640. The van der Waals surface area contributed by atoms with E-state index < -0.39 is 5.82 Å². The summed E-state index contributed by atoms with van der Waals surface area (Å²) in [5.41, 5.74) is 0.666. The van der Waals surface area contributed by atoms with Gasteiger partial charge in [0.15, 0.2) is 0 Å². The third kappa shape index (κ3) is 2.44. The number of aliphatic hydroxyl groups is 1. The Kier molecular flexibility index (Phi) is 3.86. The maximum atomic E-state index is 13.1. The van der Waals surface area contributed by atoms with Gasteiger partial charge in [-0.1, -0.05) is 17.7 Å². The molecule has 0 spiro atoms. The van der Waals surface area contributed by atoms with Crippen LogP contribution in [0.2, 0.25) is 5.02 Å². The second kappa shape index (κ2) is 4.73. The zero-order valence-electron chi connectivity index (χ0n) is 8.04. The Balaban J connectivity index is 3.00. The third-order valence-electron chi connectivity index (χ3n) is 1.98. The molecule has 1 radical (unpaired) electrons. The average Bonchev–Trinajstić information content (AvgIpc) is 2.11. The molecule has 1 unspecified atom stereocenters. The lowest BCUT2D eigenvalue weighted by atomic mass is 10.1. The van der Waals surface area contributed by atoms with Gasteiger partial charge in [-0.25, -0.2) is 4.39 Å². The molecule has 0 aliphatic carbocycles. The molecule has 0 saturated carbocycles. The van der Waals surface area contributed by atoms with Crippen LogP contribution in [0.3, 0.4) is 0 Å². The summed E-state index contributed by atoms with van der Waals surface area (Å²) in [6, 6.07) is 4.16. The maximum absolute atomic E-state index is 13.1. The molecule has 0 bridgehead atoms. The largest absolute Gasteiger partial charge is 0.388 e. The molecule has 0 amide bonds. The molecule has 77 valence electrons. The molecule has 0 aromatic heterocycles. The van der Waals surface area contributed by atoms with Crippen LogP contribution in [0.1, 0.15) is 11.6 Å². The second-order valence-corrected chi connectivity index (χ2v) is 3.64. The number of hydrogen-bond acceptors (Lipinski definition) is 2. The first-order valence-electron chi connectivity index (χ1n) is 4.15. The lowest BCUT2D eigenvalue weighted by molar-refractivity contribution is 0.234. The monoisotopic (exact) mass is 216 g/mol. The van der Waals surface area contributed by atoms with Crippen LogP contribution in [-0.2, 0) is 0 Å². The molecule has 1 N–H and O–H groups in total. The third-order valence-corrected chi connectivity index (χ3v) is 2.29. The van der Waals surface area contributed by atoms with Gasteiger partial charge in [-0.15, -0.1) is 0 Å². The van der Waals surface area contributed by atoms with Gasteiger partial charge in [0.25, 0.3) is 0 Å². The van der Waals surface area contributed by atoms with Crippen molar-refractivity contribution in [3.63, 3.8) is 0 Å². The van der Waals surface area contributed by atoms with E-state index in [0.717, 1.165) is 6.61 Å². The molecule has 1 atom stereocenters. The predicted octanol–water partition coefficient (Wildman–Crippen LogP) is 2.62. The average molecular weight is 217 g/mol. The van der Waals surface area contributed by atoms with Gasteiger partial charge in [0.1, 0.15) is 12.4 Å². The van der Waals surface area contributed by atoms with Crippen LogP contribution in [0.15, 0.2) is 18.2 Å². The van der Waals surface area contributed by atoms with E-state index in [9.17, 15) is 4.39 Å². The Morgan fingerprint density at radius 2 is 2.14 bits per heavy atom. The van der Waals surface area contributed by atoms with Gasteiger partial charge in [-0.05, 0) is 31.8 Å². The minimum Gasteiger partial charge on any atom is -0.388 e. The van der Waals surface area contributed by atoms with Gasteiger partial charge in [0.05, 0.1) is 11.1 Å². The van der Waals surface area contributed by atoms with Gasteiger partial charge in [0, 0.05) is 0 Å². The normalized spacial score (nSPS) is 13.3. The van der Waals surface area contributed by atoms with Crippen molar-refractivity contribution >= 4 is 11.6 Å². The molecule has 1 rings (SSSR count). The van der Waals surface area contributed by atoms with Crippen molar-refractivity contribution in [2.75, 3.05) is 14.1 Å².